The van der Waals surface area contributed by atoms with Crippen LogP contribution in [0.3, 0.4) is 0 Å². The highest BCUT2D eigenvalue weighted by molar-refractivity contribution is 5.89. The zero-order chi connectivity index (χ0) is 11.3. The van der Waals surface area contributed by atoms with E-state index in [0.29, 0.717) is 26.1 Å². The van der Waals surface area contributed by atoms with Crippen LogP contribution >= 0.6 is 0 Å². The lowest BCUT2D eigenvalue weighted by Gasteiger charge is -2.22. The van der Waals surface area contributed by atoms with E-state index in [-0.39, 0.29) is 24.2 Å². The molecule has 1 heterocycles. The van der Waals surface area contributed by atoms with Gasteiger partial charge in [0.05, 0.1) is 18.4 Å². The van der Waals surface area contributed by atoms with E-state index in [0.717, 1.165) is 0 Å². The summed E-state index contributed by atoms with van der Waals surface area (Å²) in [5.41, 5.74) is 0. The first-order chi connectivity index (χ1) is 7.19. The number of amides is 2. The third-order valence-electron chi connectivity index (χ3n) is 2.51. The minimum atomic E-state index is -0.240. The van der Waals surface area contributed by atoms with Gasteiger partial charge in [0.1, 0.15) is 0 Å². The van der Waals surface area contributed by atoms with Crippen LogP contribution in [-0.4, -0.2) is 36.3 Å². The van der Waals surface area contributed by atoms with E-state index in [2.05, 4.69) is 5.32 Å². The van der Waals surface area contributed by atoms with Gasteiger partial charge in [0, 0.05) is 26.1 Å². The van der Waals surface area contributed by atoms with Gasteiger partial charge in [-0.2, -0.15) is 5.26 Å². The Morgan fingerprint density at radius 3 is 2.93 bits per heavy atom. The molecular formula is C10H15N3O2. The molecule has 82 valence electrons. The number of hydrogen-bond donors (Lipinski definition) is 1. The van der Waals surface area contributed by atoms with E-state index in [1.807, 2.05) is 13.0 Å². The van der Waals surface area contributed by atoms with E-state index in [4.69, 9.17) is 5.26 Å². The summed E-state index contributed by atoms with van der Waals surface area (Å²) in [6.45, 7) is 3.35. The van der Waals surface area contributed by atoms with Gasteiger partial charge in [-0.05, 0) is 6.92 Å². The van der Waals surface area contributed by atoms with Crippen molar-refractivity contribution in [2.75, 3.05) is 19.6 Å². The second-order valence-corrected chi connectivity index (χ2v) is 3.53. The number of carbonyl (C=O) groups excluding carboxylic acids is 2. The molecule has 1 rings (SSSR count). The molecule has 0 aromatic carbocycles. The third-order valence-corrected chi connectivity index (χ3v) is 2.51. The first-order valence-electron chi connectivity index (χ1n) is 5.11. The lowest BCUT2D eigenvalue weighted by Crippen LogP contribution is -2.37. The lowest BCUT2D eigenvalue weighted by atomic mass is 10.1. The average Bonchev–Trinajstić information content (AvgIpc) is 2.65. The van der Waals surface area contributed by atoms with Gasteiger partial charge in [0.25, 0.3) is 0 Å². The van der Waals surface area contributed by atoms with Crippen LogP contribution in [0.2, 0.25) is 0 Å². The standard InChI is InChI=1S/C10H15N3O2/c1-2-13(5-3-4-11)10(15)8-6-9(14)12-7-8/h8H,2-3,5-7H2,1H3,(H,12,14). The van der Waals surface area contributed by atoms with Crippen LogP contribution in [-0.2, 0) is 9.59 Å². The van der Waals surface area contributed by atoms with Gasteiger partial charge in [-0.25, -0.2) is 0 Å². The Hall–Kier alpha value is -1.57. The lowest BCUT2D eigenvalue weighted by molar-refractivity contribution is -0.135. The van der Waals surface area contributed by atoms with Crippen molar-refractivity contribution in [1.29, 1.82) is 5.26 Å². The molecule has 0 aromatic heterocycles. The highest BCUT2D eigenvalue weighted by atomic mass is 16.2. The largest absolute Gasteiger partial charge is 0.355 e. The van der Waals surface area contributed by atoms with Crippen LogP contribution in [0.15, 0.2) is 0 Å². The summed E-state index contributed by atoms with van der Waals surface area (Å²) < 4.78 is 0. The molecular weight excluding hydrogens is 194 g/mol. The van der Waals surface area contributed by atoms with Gasteiger partial charge in [0.2, 0.25) is 11.8 Å². The van der Waals surface area contributed by atoms with Crippen molar-refractivity contribution in [3.8, 4) is 6.07 Å². The normalized spacial score (nSPS) is 19.5. The molecule has 1 N–H and O–H groups in total. The quantitative estimate of drug-likeness (QED) is 0.701. The zero-order valence-electron chi connectivity index (χ0n) is 8.82. The Labute approximate surface area is 89.0 Å². The van der Waals surface area contributed by atoms with Crippen LogP contribution in [0.4, 0.5) is 0 Å². The second-order valence-electron chi connectivity index (χ2n) is 3.53. The number of rotatable bonds is 4. The summed E-state index contributed by atoms with van der Waals surface area (Å²) in [7, 11) is 0. The van der Waals surface area contributed by atoms with Crippen molar-refractivity contribution in [2.24, 2.45) is 5.92 Å². The molecule has 0 radical (unpaired) electrons. The summed E-state index contributed by atoms with van der Waals surface area (Å²) in [4.78, 5) is 24.4. The average molecular weight is 209 g/mol. The first-order valence-corrected chi connectivity index (χ1v) is 5.11. The fourth-order valence-corrected chi connectivity index (χ4v) is 1.65. The molecule has 1 saturated heterocycles. The SMILES string of the molecule is CCN(CCC#N)C(=O)C1CNC(=O)C1. The molecule has 1 unspecified atom stereocenters. The van der Waals surface area contributed by atoms with Crippen LogP contribution < -0.4 is 5.32 Å². The molecule has 1 fully saturated rings. The fraction of sp³-hybridized carbons (Fsp3) is 0.700. The van der Waals surface area contributed by atoms with Crippen LogP contribution in [0, 0.1) is 17.2 Å². The smallest absolute Gasteiger partial charge is 0.228 e. The first kappa shape index (κ1) is 11.5. The Morgan fingerprint density at radius 1 is 1.73 bits per heavy atom. The summed E-state index contributed by atoms with van der Waals surface area (Å²) in [5, 5.41) is 11.1. The molecule has 1 atom stereocenters. The van der Waals surface area contributed by atoms with E-state index >= 15 is 0 Å². The van der Waals surface area contributed by atoms with Gasteiger partial charge in [-0.1, -0.05) is 0 Å². The number of nitrogens with one attached hydrogen (secondary N) is 1. The maximum Gasteiger partial charge on any atom is 0.228 e. The summed E-state index contributed by atoms with van der Waals surface area (Å²) in [5.74, 6) is -0.327. The molecule has 1 aliphatic heterocycles. The van der Waals surface area contributed by atoms with E-state index in [9.17, 15) is 9.59 Å². The maximum absolute atomic E-state index is 11.9. The van der Waals surface area contributed by atoms with Crippen molar-refractivity contribution in [1.82, 2.24) is 10.2 Å². The summed E-state index contributed by atoms with van der Waals surface area (Å²) in [6.07, 6.45) is 0.621. The highest BCUT2D eigenvalue weighted by Crippen LogP contribution is 2.12. The Morgan fingerprint density at radius 2 is 2.47 bits per heavy atom. The molecule has 5 heteroatoms. The van der Waals surface area contributed by atoms with E-state index in [1.165, 1.54) is 0 Å². The van der Waals surface area contributed by atoms with Crippen molar-refractivity contribution >= 4 is 11.8 Å². The molecule has 2 amide bonds. The van der Waals surface area contributed by atoms with Gasteiger partial charge >= 0.3 is 0 Å². The van der Waals surface area contributed by atoms with Crippen LogP contribution in [0.5, 0.6) is 0 Å². The van der Waals surface area contributed by atoms with E-state index < -0.39 is 0 Å². The fourth-order valence-electron chi connectivity index (χ4n) is 1.65. The summed E-state index contributed by atoms with van der Waals surface area (Å²) >= 11 is 0. The number of carbonyl (C=O) groups is 2. The van der Waals surface area contributed by atoms with Crippen molar-refractivity contribution < 1.29 is 9.59 Å². The molecule has 1 aliphatic rings. The highest BCUT2D eigenvalue weighted by Gasteiger charge is 2.30. The van der Waals surface area contributed by atoms with Gasteiger partial charge < -0.3 is 10.2 Å². The van der Waals surface area contributed by atoms with Gasteiger partial charge in [-0.3, -0.25) is 9.59 Å². The van der Waals surface area contributed by atoms with Gasteiger partial charge in [-0.15, -0.1) is 0 Å². The minimum absolute atomic E-state index is 0.0221. The summed E-state index contributed by atoms with van der Waals surface area (Å²) in [6, 6.07) is 2.01. The minimum Gasteiger partial charge on any atom is -0.355 e. The van der Waals surface area contributed by atoms with Crippen molar-refractivity contribution in [3.05, 3.63) is 0 Å². The maximum atomic E-state index is 11.9. The van der Waals surface area contributed by atoms with E-state index in [1.54, 1.807) is 4.90 Å². The van der Waals surface area contributed by atoms with Crippen LogP contribution in [0.25, 0.3) is 0 Å². The molecule has 0 bridgehead atoms. The number of hydrogen-bond acceptors (Lipinski definition) is 3. The van der Waals surface area contributed by atoms with Crippen molar-refractivity contribution in [2.45, 2.75) is 19.8 Å². The number of nitriles is 1. The monoisotopic (exact) mass is 209 g/mol. The number of nitrogens with zero attached hydrogens (tertiary/aromatic N) is 2. The molecule has 0 spiro atoms. The Kier molecular flexibility index (Phi) is 4.10. The Bertz CT molecular complexity index is 296. The zero-order valence-corrected chi connectivity index (χ0v) is 8.82. The predicted molar refractivity (Wildman–Crippen MR) is 53.6 cm³/mol. The molecule has 0 aromatic rings. The molecule has 0 saturated carbocycles. The Balaban J connectivity index is 2.49. The van der Waals surface area contributed by atoms with Crippen LogP contribution in [0.1, 0.15) is 19.8 Å². The van der Waals surface area contributed by atoms with Gasteiger partial charge in [0.15, 0.2) is 0 Å². The van der Waals surface area contributed by atoms with Crippen molar-refractivity contribution in [3.63, 3.8) is 0 Å². The molecule has 5 nitrogen and oxygen atoms in total. The molecule has 15 heavy (non-hydrogen) atoms. The topological polar surface area (TPSA) is 73.2 Å². The molecule has 0 aliphatic carbocycles. The second kappa shape index (κ2) is 5.35. The third kappa shape index (κ3) is 2.94. The predicted octanol–water partition coefficient (Wildman–Crippen LogP) is -0.115.